The highest BCUT2D eigenvalue weighted by atomic mass is 19.1. The molecule has 2 heterocycles. The maximum absolute atomic E-state index is 13.5. The molecule has 1 amide bonds. The van der Waals surface area contributed by atoms with Crippen LogP contribution in [0.2, 0.25) is 0 Å². The van der Waals surface area contributed by atoms with Crippen LogP contribution in [0, 0.1) is 11.6 Å². The van der Waals surface area contributed by atoms with Gasteiger partial charge in [-0.05, 0) is 55.7 Å². The summed E-state index contributed by atoms with van der Waals surface area (Å²) in [5.74, 6) is -1.14. The zero-order chi connectivity index (χ0) is 21.3. The molecule has 30 heavy (non-hydrogen) atoms. The number of halogens is 2. The monoisotopic (exact) mass is 413 g/mol. The van der Waals surface area contributed by atoms with Crippen molar-refractivity contribution in [3.05, 3.63) is 65.2 Å². The fourth-order valence-electron chi connectivity index (χ4n) is 4.95. The molecule has 0 aromatic heterocycles. The van der Waals surface area contributed by atoms with E-state index in [1.54, 1.807) is 0 Å². The Bertz CT molecular complexity index is 878. The molecule has 2 aromatic rings. The Morgan fingerprint density at radius 3 is 2.23 bits per heavy atom. The third-order valence-corrected chi connectivity index (χ3v) is 6.46. The van der Waals surface area contributed by atoms with Crippen LogP contribution < -0.4 is 4.90 Å². The van der Waals surface area contributed by atoms with Crippen LogP contribution in [0.4, 0.5) is 14.5 Å². The van der Waals surface area contributed by atoms with Gasteiger partial charge in [-0.2, -0.15) is 0 Å². The molecule has 0 aliphatic carbocycles. The Balaban J connectivity index is 1.42. The summed E-state index contributed by atoms with van der Waals surface area (Å²) in [4.78, 5) is 19.2. The minimum Gasteiger partial charge on any atom is -0.372 e. The van der Waals surface area contributed by atoms with E-state index >= 15 is 0 Å². The number of amides is 1. The first kappa shape index (κ1) is 20.8. The fourth-order valence-corrected chi connectivity index (χ4v) is 4.95. The van der Waals surface area contributed by atoms with Crippen molar-refractivity contribution in [1.82, 2.24) is 9.80 Å². The van der Waals surface area contributed by atoms with Crippen LogP contribution in [0.1, 0.15) is 37.8 Å². The van der Waals surface area contributed by atoms with Gasteiger partial charge in [-0.25, -0.2) is 8.78 Å². The molecule has 0 unspecified atom stereocenters. The molecule has 160 valence electrons. The van der Waals surface area contributed by atoms with E-state index in [0.29, 0.717) is 12.0 Å². The number of hydrogen-bond donors (Lipinski definition) is 0. The molecule has 2 aliphatic heterocycles. The molecule has 0 saturated carbocycles. The molecule has 0 spiro atoms. The van der Waals surface area contributed by atoms with E-state index in [9.17, 15) is 13.6 Å². The molecule has 2 atom stereocenters. The molecule has 2 aromatic carbocycles. The number of carbonyl (C=O) groups excluding carboxylic acids is 1. The highest BCUT2D eigenvalue weighted by molar-refractivity contribution is 5.80. The first-order valence-corrected chi connectivity index (χ1v) is 10.8. The molecule has 2 fully saturated rings. The number of likely N-dealkylation sites (tertiary alicyclic amines) is 2. The van der Waals surface area contributed by atoms with E-state index < -0.39 is 11.6 Å². The summed E-state index contributed by atoms with van der Waals surface area (Å²) in [6, 6.07) is 12.4. The van der Waals surface area contributed by atoms with E-state index in [1.807, 2.05) is 4.90 Å². The average Bonchev–Trinajstić information content (AvgIpc) is 3.23. The Labute approximate surface area is 177 Å². The van der Waals surface area contributed by atoms with Gasteiger partial charge in [0.2, 0.25) is 5.91 Å². The molecule has 2 aliphatic rings. The second kappa shape index (κ2) is 8.72. The predicted octanol–water partition coefficient (Wildman–Crippen LogP) is 4.19. The summed E-state index contributed by atoms with van der Waals surface area (Å²) in [7, 11) is 0. The zero-order valence-electron chi connectivity index (χ0n) is 17.7. The van der Waals surface area contributed by atoms with Crippen LogP contribution in [-0.2, 0) is 17.9 Å². The standard InChI is InChI=1S/C24H29F2N3O/c1-3-27(4-2)21-7-5-17(6-8-21)15-28-10-9-22-23(28)14-24(30)29(22)16-18-11-19(25)13-20(26)12-18/h5-8,11-13,22-23H,3-4,9-10,14-16H2,1-2H3/t22-,23-/m0/s1. The molecule has 4 nitrogen and oxygen atoms in total. The van der Waals surface area contributed by atoms with E-state index in [0.717, 1.165) is 38.7 Å². The Hall–Kier alpha value is -2.47. The molecule has 0 radical (unpaired) electrons. The van der Waals surface area contributed by atoms with Crippen molar-refractivity contribution in [3.63, 3.8) is 0 Å². The van der Waals surface area contributed by atoms with Crippen molar-refractivity contribution < 1.29 is 13.6 Å². The van der Waals surface area contributed by atoms with Crippen LogP contribution >= 0.6 is 0 Å². The number of nitrogens with zero attached hydrogens (tertiary/aromatic N) is 3. The lowest BCUT2D eigenvalue weighted by Gasteiger charge is -2.26. The van der Waals surface area contributed by atoms with Crippen LogP contribution in [0.3, 0.4) is 0 Å². The van der Waals surface area contributed by atoms with Gasteiger partial charge in [0.1, 0.15) is 11.6 Å². The lowest BCUT2D eigenvalue weighted by Crippen LogP contribution is -2.36. The van der Waals surface area contributed by atoms with Gasteiger partial charge >= 0.3 is 0 Å². The first-order chi connectivity index (χ1) is 14.5. The van der Waals surface area contributed by atoms with Gasteiger partial charge in [-0.3, -0.25) is 9.69 Å². The zero-order valence-corrected chi connectivity index (χ0v) is 17.7. The van der Waals surface area contributed by atoms with E-state index in [2.05, 4.69) is 47.9 Å². The van der Waals surface area contributed by atoms with Crippen LogP contribution in [-0.4, -0.2) is 47.4 Å². The summed E-state index contributed by atoms with van der Waals surface area (Å²) < 4.78 is 27.1. The summed E-state index contributed by atoms with van der Waals surface area (Å²) in [6.45, 7) is 8.29. The molecule has 4 rings (SSSR count). The van der Waals surface area contributed by atoms with Crippen molar-refractivity contribution in [1.29, 1.82) is 0 Å². The predicted molar refractivity (Wildman–Crippen MR) is 114 cm³/mol. The van der Waals surface area contributed by atoms with Gasteiger partial charge in [0.15, 0.2) is 0 Å². The lowest BCUT2D eigenvalue weighted by molar-refractivity contribution is -0.129. The van der Waals surface area contributed by atoms with Gasteiger partial charge in [0.05, 0.1) is 0 Å². The van der Waals surface area contributed by atoms with Crippen molar-refractivity contribution >= 4 is 11.6 Å². The van der Waals surface area contributed by atoms with Crippen molar-refractivity contribution in [2.75, 3.05) is 24.5 Å². The molecular weight excluding hydrogens is 384 g/mol. The maximum Gasteiger partial charge on any atom is 0.224 e. The van der Waals surface area contributed by atoms with Gasteiger partial charge in [-0.1, -0.05) is 12.1 Å². The van der Waals surface area contributed by atoms with Crippen molar-refractivity contribution in [3.8, 4) is 0 Å². The summed E-state index contributed by atoms with van der Waals surface area (Å²) in [5.41, 5.74) is 2.98. The number of hydrogen-bond acceptors (Lipinski definition) is 3. The lowest BCUT2D eigenvalue weighted by atomic mass is 10.1. The summed E-state index contributed by atoms with van der Waals surface area (Å²) in [6.07, 6.45) is 1.37. The number of anilines is 1. The third-order valence-electron chi connectivity index (χ3n) is 6.46. The van der Waals surface area contributed by atoms with Gasteiger partial charge in [0, 0.05) is 63.0 Å². The van der Waals surface area contributed by atoms with Gasteiger partial charge in [-0.15, -0.1) is 0 Å². The normalized spacial score (nSPS) is 21.3. The van der Waals surface area contributed by atoms with Gasteiger partial charge in [0.25, 0.3) is 0 Å². The van der Waals surface area contributed by atoms with Gasteiger partial charge < -0.3 is 9.80 Å². The Kier molecular flexibility index (Phi) is 6.04. The second-order valence-electron chi connectivity index (χ2n) is 8.24. The SMILES string of the molecule is CCN(CC)c1ccc(CN2CC[C@H]3[C@@H]2CC(=O)N3Cc2cc(F)cc(F)c2)cc1. The maximum atomic E-state index is 13.5. The quantitative estimate of drug-likeness (QED) is 0.681. The van der Waals surface area contributed by atoms with E-state index in [1.165, 1.54) is 23.4 Å². The number of benzene rings is 2. The van der Waals surface area contributed by atoms with E-state index in [4.69, 9.17) is 0 Å². The van der Waals surface area contributed by atoms with Crippen molar-refractivity contribution in [2.24, 2.45) is 0 Å². The third kappa shape index (κ3) is 4.19. The molecule has 6 heteroatoms. The number of fused-ring (bicyclic) bond motifs is 1. The highest BCUT2D eigenvalue weighted by Gasteiger charge is 2.46. The summed E-state index contributed by atoms with van der Waals surface area (Å²) in [5, 5.41) is 0. The number of rotatable bonds is 7. The van der Waals surface area contributed by atoms with Crippen molar-refractivity contribution in [2.45, 2.75) is 51.9 Å². The minimum atomic E-state index is -0.602. The average molecular weight is 414 g/mol. The molecular formula is C24H29F2N3O. The van der Waals surface area contributed by atoms with Crippen LogP contribution in [0.5, 0.6) is 0 Å². The van der Waals surface area contributed by atoms with E-state index in [-0.39, 0.29) is 24.5 Å². The largest absolute Gasteiger partial charge is 0.372 e. The minimum absolute atomic E-state index is 0.0660. The highest BCUT2D eigenvalue weighted by Crippen LogP contribution is 2.34. The Morgan fingerprint density at radius 2 is 1.60 bits per heavy atom. The Morgan fingerprint density at radius 1 is 0.933 bits per heavy atom. The molecule has 0 N–H and O–H groups in total. The molecule has 0 bridgehead atoms. The molecule has 2 saturated heterocycles. The summed E-state index contributed by atoms with van der Waals surface area (Å²) >= 11 is 0. The van der Waals surface area contributed by atoms with Crippen LogP contribution in [0.25, 0.3) is 0 Å². The first-order valence-electron chi connectivity index (χ1n) is 10.8. The second-order valence-corrected chi connectivity index (χ2v) is 8.24. The number of carbonyl (C=O) groups is 1. The van der Waals surface area contributed by atoms with Crippen LogP contribution in [0.15, 0.2) is 42.5 Å². The fraction of sp³-hybridized carbons (Fsp3) is 0.458. The smallest absolute Gasteiger partial charge is 0.224 e. The topological polar surface area (TPSA) is 26.8 Å².